The van der Waals surface area contributed by atoms with Crippen LogP contribution in [0.1, 0.15) is 41.6 Å². The van der Waals surface area contributed by atoms with Crippen LogP contribution in [0.2, 0.25) is 5.02 Å². The summed E-state index contributed by atoms with van der Waals surface area (Å²) in [5, 5.41) is 18.3. The van der Waals surface area contributed by atoms with Crippen LogP contribution in [0.3, 0.4) is 0 Å². The van der Waals surface area contributed by atoms with Gasteiger partial charge in [-0.2, -0.15) is 0 Å². The van der Waals surface area contributed by atoms with E-state index in [9.17, 15) is 9.59 Å². The summed E-state index contributed by atoms with van der Waals surface area (Å²) in [7, 11) is 0. The minimum Gasteiger partial charge on any atom is -0.481 e. The van der Waals surface area contributed by atoms with Crippen LogP contribution in [0.4, 0.5) is 0 Å². The SMILES string of the molecule is CC1(C(=O)O)C=CC=C(C(=O)O)C1.Clc1ccc2c(c1)C(c1ccccc1)N(Cc1ccccc1)CC2. The van der Waals surface area contributed by atoms with Gasteiger partial charge in [0.2, 0.25) is 0 Å². The number of allylic oxidation sites excluding steroid dienone is 2. The molecule has 3 aromatic carbocycles. The van der Waals surface area contributed by atoms with E-state index in [-0.39, 0.29) is 18.0 Å². The Morgan fingerprint density at radius 3 is 2.32 bits per heavy atom. The molecule has 190 valence electrons. The molecular weight excluding hydrogens is 486 g/mol. The number of nitrogens with zero attached hydrogens (tertiary/aromatic N) is 1. The van der Waals surface area contributed by atoms with Gasteiger partial charge >= 0.3 is 11.9 Å². The fraction of sp³-hybridized carbons (Fsp3) is 0.226. The molecule has 1 aliphatic heterocycles. The molecule has 0 saturated heterocycles. The first kappa shape index (κ1) is 26.4. The third kappa shape index (κ3) is 6.37. The molecule has 0 spiro atoms. The second-order valence-corrected chi connectivity index (χ2v) is 10.1. The maximum Gasteiger partial charge on any atom is 0.331 e. The average Bonchev–Trinajstić information content (AvgIpc) is 2.90. The lowest BCUT2D eigenvalue weighted by Gasteiger charge is -2.38. The zero-order valence-electron chi connectivity index (χ0n) is 20.7. The molecule has 0 bridgehead atoms. The first-order valence-electron chi connectivity index (χ1n) is 12.2. The molecule has 3 aromatic rings. The van der Waals surface area contributed by atoms with Gasteiger partial charge in [0.15, 0.2) is 0 Å². The highest BCUT2D eigenvalue weighted by atomic mass is 35.5. The second-order valence-electron chi connectivity index (χ2n) is 9.62. The molecule has 37 heavy (non-hydrogen) atoms. The molecule has 5 nitrogen and oxygen atoms in total. The van der Waals surface area contributed by atoms with E-state index < -0.39 is 17.4 Å². The summed E-state index contributed by atoms with van der Waals surface area (Å²) in [5.41, 5.74) is 4.49. The summed E-state index contributed by atoms with van der Waals surface area (Å²) in [6.45, 7) is 3.51. The van der Waals surface area contributed by atoms with Crippen LogP contribution in [0, 0.1) is 5.41 Å². The summed E-state index contributed by atoms with van der Waals surface area (Å²) < 4.78 is 0. The molecule has 2 N–H and O–H groups in total. The van der Waals surface area contributed by atoms with Gasteiger partial charge in [-0.05, 0) is 54.2 Å². The Balaban J connectivity index is 0.000000209. The van der Waals surface area contributed by atoms with Crippen molar-refractivity contribution in [3.05, 3.63) is 130 Å². The molecule has 0 saturated carbocycles. The first-order valence-corrected chi connectivity index (χ1v) is 12.6. The van der Waals surface area contributed by atoms with E-state index in [1.165, 1.54) is 47.4 Å². The molecule has 2 atom stereocenters. The van der Waals surface area contributed by atoms with E-state index in [0.29, 0.717) is 0 Å². The van der Waals surface area contributed by atoms with Gasteiger partial charge in [0.25, 0.3) is 0 Å². The van der Waals surface area contributed by atoms with Crippen molar-refractivity contribution in [1.82, 2.24) is 4.90 Å². The minimum absolute atomic E-state index is 0.0359. The highest BCUT2D eigenvalue weighted by Gasteiger charge is 2.34. The van der Waals surface area contributed by atoms with E-state index >= 15 is 0 Å². The van der Waals surface area contributed by atoms with Crippen LogP contribution in [-0.2, 0) is 22.6 Å². The van der Waals surface area contributed by atoms with Crippen LogP contribution < -0.4 is 0 Å². The molecule has 6 heteroatoms. The molecule has 2 aliphatic rings. The van der Waals surface area contributed by atoms with Crippen molar-refractivity contribution >= 4 is 23.5 Å². The Bertz CT molecular complexity index is 1320. The van der Waals surface area contributed by atoms with Gasteiger partial charge in [0.1, 0.15) is 0 Å². The third-order valence-electron chi connectivity index (χ3n) is 6.86. The second kappa shape index (κ2) is 11.6. The van der Waals surface area contributed by atoms with Crippen molar-refractivity contribution in [3.63, 3.8) is 0 Å². The molecular formula is C31H30ClNO4. The summed E-state index contributed by atoms with van der Waals surface area (Å²) in [6, 6.07) is 28.1. The smallest absolute Gasteiger partial charge is 0.331 e. The monoisotopic (exact) mass is 515 g/mol. The van der Waals surface area contributed by atoms with Crippen molar-refractivity contribution < 1.29 is 19.8 Å². The molecule has 0 amide bonds. The van der Waals surface area contributed by atoms with E-state index in [1.807, 2.05) is 6.07 Å². The normalized spacial score (nSPS) is 20.7. The van der Waals surface area contributed by atoms with Gasteiger partial charge in [0, 0.05) is 23.7 Å². The summed E-state index contributed by atoms with van der Waals surface area (Å²) >= 11 is 6.32. The standard InChI is InChI=1S/C22H20ClN.C9H10O4/c23-20-12-11-18-13-14-24(16-17-7-3-1-4-8-17)22(21(18)15-20)19-9-5-2-6-10-19;1-9(8(12)13)4-2-3-6(5-9)7(10)11/h1-12,15,22H,13-14,16H2;2-4H,5H2,1H3,(H,10,11)(H,12,13). The molecule has 1 aliphatic carbocycles. The van der Waals surface area contributed by atoms with E-state index in [2.05, 4.69) is 77.7 Å². The van der Waals surface area contributed by atoms with Crippen molar-refractivity contribution in [2.24, 2.45) is 5.41 Å². The van der Waals surface area contributed by atoms with Gasteiger partial charge < -0.3 is 10.2 Å². The Morgan fingerprint density at radius 2 is 1.68 bits per heavy atom. The predicted molar refractivity (Wildman–Crippen MR) is 146 cm³/mol. The molecule has 1 heterocycles. The Hall–Kier alpha value is -3.67. The lowest BCUT2D eigenvalue weighted by molar-refractivity contribution is -0.145. The number of hydrogen-bond donors (Lipinski definition) is 2. The molecule has 0 radical (unpaired) electrons. The van der Waals surface area contributed by atoms with Gasteiger partial charge in [-0.1, -0.05) is 96.6 Å². The lowest BCUT2D eigenvalue weighted by Crippen LogP contribution is -2.35. The highest BCUT2D eigenvalue weighted by molar-refractivity contribution is 6.30. The van der Waals surface area contributed by atoms with Gasteiger partial charge in [0.05, 0.1) is 11.5 Å². The molecule has 0 aromatic heterocycles. The summed E-state index contributed by atoms with van der Waals surface area (Å²) in [5.74, 6) is -2.06. The summed E-state index contributed by atoms with van der Waals surface area (Å²) in [6.07, 6.45) is 5.51. The Labute approximate surface area is 222 Å². The fourth-order valence-corrected chi connectivity index (χ4v) is 5.02. The van der Waals surface area contributed by atoms with Crippen LogP contribution in [0.15, 0.2) is 103 Å². The lowest BCUT2D eigenvalue weighted by atomic mass is 9.80. The number of carboxylic acids is 2. The largest absolute Gasteiger partial charge is 0.481 e. The first-order chi connectivity index (χ1) is 17.8. The average molecular weight is 516 g/mol. The number of carbonyl (C=O) groups is 2. The van der Waals surface area contributed by atoms with Crippen LogP contribution in [-0.4, -0.2) is 33.6 Å². The quantitative estimate of drug-likeness (QED) is 0.403. The number of halogens is 1. The molecule has 0 fully saturated rings. The Kier molecular flexibility index (Phi) is 8.27. The van der Waals surface area contributed by atoms with Crippen molar-refractivity contribution in [3.8, 4) is 0 Å². The van der Waals surface area contributed by atoms with Gasteiger partial charge in [-0.3, -0.25) is 9.69 Å². The number of hydrogen-bond acceptors (Lipinski definition) is 3. The van der Waals surface area contributed by atoms with Gasteiger partial charge in [-0.15, -0.1) is 0 Å². The molecule has 2 unspecified atom stereocenters. The van der Waals surface area contributed by atoms with Crippen LogP contribution in [0.5, 0.6) is 0 Å². The fourth-order valence-electron chi connectivity index (χ4n) is 4.84. The van der Waals surface area contributed by atoms with Crippen molar-refractivity contribution in [2.75, 3.05) is 6.54 Å². The number of rotatable bonds is 5. The zero-order valence-corrected chi connectivity index (χ0v) is 21.4. The van der Waals surface area contributed by atoms with E-state index in [1.54, 1.807) is 0 Å². The maximum absolute atomic E-state index is 10.8. The van der Waals surface area contributed by atoms with E-state index in [4.69, 9.17) is 21.8 Å². The summed E-state index contributed by atoms with van der Waals surface area (Å²) in [4.78, 5) is 23.9. The van der Waals surface area contributed by atoms with Crippen molar-refractivity contribution in [1.29, 1.82) is 0 Å². The Morgan fingerprint density at radius 1 is 1.00 bits per heavy atom. The number of fused-ring (bicyclic) bond motifs is 1. The third-order valence-corrected chi connectivity index (χ3v) is 7.10. The topological polar surface area (TPSA) is 77.8 Å². The predicted octanol–water partition coefficient (Wildman–Crippen LogP) is 6.54. The van der Waals surface area contributed by atoms with Crippen LogP contribution in [0.25, 0.3) is 0 Å². The van der Waals surface area contributed by atoms with Crippen molar-refractivity contribution in [2.45, 2.75) is 32.4 Å². The van der Waals surface area contributed by atoms with Crippen LogP contribution >= 0.6 is 11.6 Å². The van der Waals surface area contributed by atoms with E-state index in [0.717, 1.165) is 24.5 Å². The zero-order chi connectivity index (χ0) is 26.4. The number of carboxylic acid groups (broad SMARTS) is 2. The maximum atomic E-state index is 10.8. The number of aliphatic carboxylic acids is 2. The molecule has 5 rings (SSSR count). The number of benzene rings is 3. The minimum atomic E-state index is -1.08. The highest BCUT2D eigenvalue weighted by Crippen LogP contribution is 2.37. The van der Waals surface area contributed by atoms with Gasteiger partial charge in [-0.25, -0.2) is 4.79 Å².